The summed E-state index contributed by atoms with van der Waals surface area (Å²) in [6.45, 7) is 4.32. The average Bonchev–Trinajstić information content (AvgIpc) is 3.36. The molecule has 1 aromatic heterocycles. The van der Waals surface area contributed by atoms with Crippen LogP contribution in [0.1, 0.15) is 29.7 Å². The molecular formula is C27H26N6O3. The van der Waals surface area contributed by atoms with Gasteiger partial charge in [-0.25, -0.2) is 0 Å². The molecule has 0 bridgehead atoms. The zero-order chi connectivity index (χ0) is 25.1. The number of carbonyl (C=O) groups excluding carboxylic acids is 1. The molecule has 2 N–H and O–H groups in total. The van der Waals surface area contributed by atoms with Gasteiger partial charge in [0.2, 0.25) is 5.95 Å². The highest BCUT2D eigenvalue weighted by molar-refractivity contribution is 6.06. The number of fused-ring (bicyclic) bond motifs is 1. The number of hydrogen-bond donors (Lipinski definition) is 2. The van der Waals surface area contributed by atoms with Gasteiger partial charge < -0.3 is 20.1 Å². The Morgan fingerprint density at radius 2 is 1.86 bits per heavy atom. The minimum Gasteiger partial charge on any atom is -0.495 e. The van der Waals surface area contributed by atoms with Gasteiger partial charge in [0.05, 0.1) is 18.4 Å². The van der Waals surface area contributed by atoms with Crippen LogP contribution >= 0.6 is 0 Å². The molecule has 0 radical (unpaired) electrons. The molecule has 9 nitrogen and oxygen atoms in total. The number of para-hydroxylation sites is 2. The minimum absolute atomic E-state index is 0.290. The third kappa shape index (κ3) is 4.63. The lowest BCUT2D eigenvalue weighted by Crippen LogP contribution is -2.31. The van der Waals surface area contributed by atoms with E-state index in [9.17, 15) is 4.79 Å². The fraction of sp³-hybridized carbons (Fsp3) is 0.185. The zero-order valence-corrected chi connectivity index (χ0v) is 20.2. The fourth-order valence-corrected chi connectivity index (χ4v) is 4.18. The van der Waals surface area contributed by atoms with Crippen molar-refractivity contribution >= 4 is 17.5 Å². The Morgan fingerprint density at radius 3 is 2.67 bits per heavy atom. The van der Waals surface area contributed by atoms with E-state index in [0.717, 1.165) is 11.1 Å². The van der Waals surface area contributed by atoms with Gasteiger partial charge >= 0.3 is 0 Å². The van der Waals surface area contributed by atoms with Crippen LogP contribution in [0.5, 0.6) is 11.5 Å². The summed E-state index contributed by atoms with van der Waals surface area (Å²) in [4.78, 5) is 13.6. The summed E-state index contributed by atoms with van der Waals surface area (Å²) in [6.07, 6.45) is 0. The summed E-state index contributed by atoms with van der Waals surface area (Å²) in [5.74, 6) is 1.42. The molecule has 0 saturated carbocycles. The highest BCUT2D eigenvalue weighted by atomic mass is 16.5. The number of aryl methyl sites for hydroxylation is 1. The second-order valence-electron chi connectivity index (χ2n) is 8.51. The van der Waals surface area contributed by atoms with Gasteiger partial charge in [-0.2, -0.15) is 4.68 Å². The van der Waals surface area contributed by atoms with Crippen molar-refractivity contribution in [1.82, 2.24) is 20.2 Å². The first kappa shape index (κ1) is 23.1. The van der Waals surface area contributed by atoms with E-state index in [2.05, 4.69) is 45.2 Å². The zero-order valence-electron chi connectivity index (χ0n) is 20.2. The van der Waals surface area contributed by atoms with Crippen LogP contribution in [0.3, 0.4) is 0 Å². The number of nitrogens with one attached hydrogen (secondary N) is 2. The van der Waals surface area contributed by atoms with Crippen LogP contribution in [0, 0.1) is 6.92 Å². The molecule has 0 saturated heterocycles. The number of ether oxygens (including phenoxy) is 2. The second kappa shape index (κ2) is 9.91. The number of hydrogen-bond acceptors (Lipinski definition) is 7. The Kier molecular flexibility index (Phi) is 6.36. The van der Waals surface area contributed by atoms with Crippen molar-refractivity contribution in [3.63, 3.8) is 0 Å². The highest BCUT2D eigenvalue weighted by Gasteiger charge is 2.34. The summed E-state index contributed by atoms with van der Waals surface area (Å²) >= 11 is 0. The van der Waals surface area contributed by atoms with E-state index in [4.69, 9.17) is 9.47 Å². The van der Waals surface area contributed by atoms with E-state index in [0.29, 0.717) is 41.0 Å². The maximum absolute atomic E-state index is 13.6. The molecule has 0 fully saturated rings. The maximum atomic E-state index is 13.6. The van der Waals surface area contributed by atoms with Gasteiger partial charge in [-0.3, -0.25) is 4.79 Å². The summed E-state index contributed by atoms with van der Waals surface area (Å²) in [5, 5.41) is 18.2. The number of aromatic nitrogens is 4. The molecule has 0 aliphatic carbocycles. The minimum atomic E-state index is -0.561. The van der Waals surface area contributed by atoms with E-state index in [-0.39, 0.29) is 5.91 Å². The molecule has 0 spiro atoms. The molecule has 1 aliphatic heterocycles. The number of carbonyl (C=O) groups is 1. The van der Waals surface area contributed by atoms with E-state index in [1.165, 1.54) is 5.56 Å². The molecule has 1 atom stereocenters. The van der Waals surface area contributed by atoms with Crippen molar-refractivity contribution in [2.24, 2.45) is 0 Å². The number of tetrazole rings is 1. The molecule has 1 amide bonds. The molecule has 36 heavy (non-hydrogen) atoms. The van der Waals surface area contributed by atoms with Crippen LogP contribution in [0.2, 0.25) is 0 Å². The van der Waals surface area contributed by atoms with Crippen LogP contribution in [-0.2, 0) is 11.4 Å². The van der Waals surface area contributed by atoms with Gasteiger partial charge in [-0.05, 0) is 59.7 Å². The maximum Gasteiger partial charge on any atom is 0.255 e. The molecule has 4 aromatic rings. The van der Waals surface area contributed by atoms with Gasteiger partial charge in [0.25, 0.3) is 5.91 Å². The number of benzene rings is 3. The van der Waals surface area contributed by atoms with Gasteiger partial charge in [0.1, 0.15) is 24.1 Å². The summed E-state index contributed by atoms with van der Waals surface area (Å²) in [7, 11) is 1.57. The third-order valence-electron chi connectivity index (χ3n) is 6.01. The molecule has 5 rings (SSSR count). The third-order valence-corrected chi connectivity index (χ3v) is 6.01. The van der Waals surface area contributed by atoms with Gasteiger partial charge in [-0.15, -0.1) is 0 Å². The first-order chi connectivity index (χ1) is 17.5. The lowest BCUT2D eigenvalue weighted by atomic mass is 9.94. The Balaban J connectivity index is 1.46. The van der Waals surface area contributed by atoms with Gasteiger partial charge in [0.15, 0.2) is 0 Å². The van der Waals surface area contributed by atoms with Gasteiger partial charge in [0, 0.05) is 5.70 Å². The largest absolute Gasteiger partial charge is 0.495 e. The average molecular weight is 483 g/mol. The van der Waals surface area contributed by atoms with Crippen molar-refractivity contribution in [2.45, 2.75) is 26.5 Å². The molecule has 2 heterocycles. The SMILES string of the molecule is COc1ccccc1NC(=O)C1=C(C)Nc2nnnn2C1c1cccc(OCc2ccc(C)cc2)c1. The number of anilines is 2. The van der Waals surface area contributed by atoms with Crippen molar-refractivity contribution in [2.75, 3.05) is 17.7 Å². The number of amides is 1. The lowest BCUT2D eigenvalue weighted by molar-refractivity contribution is -0.113. The topological polar surface area (TPSA) is 103 Å². The van der Waals surface area contributed by atoms with Crippen molar-refractivity contribution < 1.29 is 14.3 Å². The van der Waals surface area contributed by atoms with Crippen LogP contribution in [0.4, 0.5) is 11.6 Å². The summed E-state index contributed by atoms with van der Waals surface area (Å²) in [6, 6.07) is 22.6. The van der Waals surface area contributed by atoms with Crippen molar-refractivity contribution in [1.29, 1.82) is 0 Å². The summed E-state index contributed by atoms with van der Waals surface area (Å²) < 4.78 is 13.1. The van der Waals surface area contributed by atoms with E-state index in [1.54, 1.807) is 23.9 Å². The number of nitrogens with zero attached hydrogens (tertiary/aromatic N) is 4. The van der Waals surface area contributed by atoms with E-state index in [1.807, 2.05) is 55.5 Å². The van der Waals surface area contributed by atoms with Crippen LogP contribution in [0.25, 0.3) is 0 Å². The molecule has 1 aliphatic rings. The number of allylic oxidation sites excluding steroid dienone is 1. The molecule has 9 heteroatoms. The normalized spacial score (nSPS) is 14.6. The van der Waals surface area contributed by atoms with Crippen LogP contribution < -0.4 is 20.1 Å². The first-order valence-corrected chi connectivity index (χ1v) is 11.5. The standard InChI is InChI=1S/C27H26N6O3/c1-17-11-13-19(14-12-17)16-36-21-8-6-7-20(15-21)25-24(18(2)28-27-30-31-32-33(25)27)26(34)29-22-9-4-5-10-23(22)35-3/h4-15,25H,16H2,1-3H3,(H,29,34)(H,28,30,32). The number of methoxy groups -OCH3 is 1. The Morgan fingerprint density at radius 1 is 1.06 bits per heavy atom. The monoisotopic (exact) mass is 482 g/mol. The highest BCUT2D eigenvalue weighted by Crippen LogP contribution is 2.36. The summed E-state index contributed by atoms with van der Waals surface area (Å²) in [5.41, 5.74) is 4.79. The van der Waals surface area contributed by atoms with Crippen molar-refractivity contribution in [3.05, 3.63) is 101 Å². The molecule has 3 aromatic carbocycles. The van der Waals surface area contributed by atoms with Crippen LogP contribution in [0.15, 0.2) is 84.1 Å². The predicted octanol–water partition coefficient (Wildman–Crippen LogP) is 4.50. The van der Waals surface area contributed by atoms with E-state index >= 15 is 0 Å². The first-order valence-electron chi connectivity index (χ1n) is 11.5. The molecular weight excluding hydrogens is 456 g/mol. The lowest BCUT2D eigenvalue weighted by Gasteiger charge is -2.28. The van der Waals surface area contributed by atoms with Crippen molar-refractivity contribution in [3.8, 4) is 11.5 Å². The Labute approximate surface area is 208 Å². The smallest absolute Gasteiger partial charge is 0.255 e. The quantitative estimate of drug-likeness (QED) is 0.400. The Bertz CT molecular complexity index is 1430. The van der Waals surface area contributed by atoms with Gasteiger partial charge in [-0.1, -0.05) is 59.2 Å². The second-order valence-corrected chi connectivity index (χ2v) is 8.51. The number of rotatable bonds is 7. The Hall–Kier alpha value is -4.66. The molecule has 182 valence electrons. The molecule has 1 unspecified atom stereocenters. The predicted molar refractivity (Wildman–Crippen MR) is 136 cm³/mol. The van der Waals surface area contributed by atoms with Crippen LogP contribution in [-0.4, -0.2) is 33.2 Å². The fourth-order valence-electron chi connectivity index (χ4n) is 4.18. The van der Waals surface area contributed by atoms with E-state index < -0.39 is 6.04 Å².